The zero-order valence-corrected chi connectivity index (χ0v) is 17.3. The lowest BCUT2D eigenvalue weighted by Gasteiger charge is -2.34. The van der Waals surface area contributed by atoms with E-state index in [1.807, 2.05) is 18.2 Å². The molecule has 1 fully saturated rings. The molecule has 0 atom stereocenters. The van der Waals surface area contributed by atoms with Gasteiger partial charge in [0.1, 0.15) is 5.82 Å². The molecule has 156 valence electrons. The molecule has 6 nitrogen and oxygen atoms in total. The van der Waals surface area contributed by atoms with Crippen molar-refractivity contribution >= 4 is 23.2 Å². The summed E-state index contributed by atoms with van der Waals surface area (Å²) in [5.41, 5.74) is 1.29. The normalized spacial score (nSPS) is 15.2. The summed E-state index contributed by atoms with van der Waals surface area (Å²) in [6.07, 6.45) is 0. The Balaban J connectivity index is 1.47. The van der Waals surface area contributed by atoms with E-state index in [2.05, 4.69) is 15.1 Å². The van der Waals surface area contributed by atoms with Crippen molar-refractivity contribution in [3.05, 3.63) is 52.8 Å². The lowest BCUT2D eigenvalue weighted by Crippen LogP contribution is -2.48. The van der Waals surface area contributed by atoms with Crippen molar-refractivity contribution in [2.45, 2.75) is 6.54 Å². The zero-order chi connectivity index (χ0) is 20.8. The van der Waals surface area contributed by atoms with Gasteiger partial charge in [-0.05, 0) is 35.9 Å². The van der Waals surface area contributed by atoms with Crippen LogP contribution in [0, 0.1) is 5.82 Å². The van der Waals surface area contributed by atoms with Gasteiger partial charge in [0.05, 0.1) is 26.5 Å². The maximum atomic E-state index is 13.8. The molecule has 0 bridgehead atoms. The van der Waals surface area contributed by atoms with Crippen LogP contribution in [0.2, 0.25) is 5.02 Å². The van der Waals surface area contributed by atoms with Crippen molar-refractivity contribution in [3.63, 3.8) is 0 Å². The smallest absolute Gasteiger partial charge is 0.238 e. The Hall–Kier alpha value is -2.35. The molecule has 29 heavy (non-hydrogen) atoms. The molecule has 0 radical (unpaired) electrons. The fourth-order valence-electron chi connectivity index (χ4n) is 3.33. The van der Waals surface area contributed by atoms with Gasteiger partial charge in [0, 0.05) is 37.7 Å². The average Bonchev–Trinajstić information content (AvgIpc) is 2.71. The molecule has 1 aliphatic heterocycles. The Morgan fingerprint density at radius 2 is 1.72 bits per heavy atom. The SMILES string of the molecule is COc1ccc(CN2CCN(CC(=O)Nc3ccc(Cl)cc3F)CC2)cc1OC. The summed E-state index contributed by atoms with van der Waals surface area (Å²) < 4.78 is 24.4. The van der Waals surface area contributed by atoms with Crippen molar-refractivity contribution < 1.29 is 18.7 Å². The van der Waals surface area contributed by atoms with Gasteiger partial charge in [-0.3, -0.25) is 14.6 Å². The Bertz CT molecular complexity index is 857. The molecule has 2 aromatic rings. The largest absolute Gasteiger partial charge is 0.493 e. The van der Waals surface area contributed by atoms with Gasteiger partial charge < -0.3 is 14.8 Å². The summed E-state index contributed by atoms with van der Waals surface area (Å²) in [5.74, 6) is 0.657. The number of nitrogens with zero attached hydrogens (tertiary/aromatic N) is 2. The number of hydrogen-bond acceptors (Lipinski definition) is 5. The highest BCUT2D eigenvalue weighted by molar-refractivity contribution is 6.30. The number of carbonyl (C=O) groups excluding carboxylic acids is 1. The van der Waals surface area contributed by atoms with Gasteiger partial charge in [-0.1, -0.05) is 17.7 Å². The molecule has 0 aliphatic carbocycles. The van der Waals surface area contributed by atoms with Crippen LogP contribution in [0.25, 0.3) is 0 Å². The van der Waals surface area contributed by atoms with Crippen LogP contribution in [0.5, 0.6) is 11.5 Å². The van der Waals surface area contributed by atoms with E-state index in [1.165, 1.54) is 12.1 Å². The molecule has 1 aliphatic rings. The number of benzene rings is 2. The predicted octanol–water partition coefficient (Wildman–Crippen LogP) is 3.25. The maximum Gasteiger partial charge on any atom is 0.238 e. The van der Waals surface area contributed by atoms with Gasteiger partial charge in [0.2, 0.25) is 5.91 Å². The number of rotatable bonds is 7. The van der Waals surface area contributed by atoms with E-state index < -0.39 is 5.82 Å². The summed E-state index contributed by atoms with van der Waals surface area (Å²) in [7, 11) is 3.25. The zero-order valence-electron chi connectivity index (χ0n) is 16.6. The minimum Gasteiger partial charge on any atom is -0.493 e. The molecule has 0 saturated carbocycles. The lowest BCUT2D eigenvalue weighted by atomic mass is 10.1. The first-order valence-corrected chi connectivity index (χ1v) is 9.77. The Morgan fingerprint density at radius 3 is 2.38 bits per heavy atom. The topological polar surface area (TPSA) is 54.0 Å². The standard InChI is InChI=1S/C21H25ClFN3O3/c1-28-19-6-3-15(11-20(19)29-2)13-25-7-9-26(10-8-25)14-21(27)24-18-5-4-16(22)12-17(18)23/h3-6,11-12H,7-10,13-14H2,1-2H3,(H,24,27). The van der Waals surface area contributed by atoms with Crippen molar-refractivity contribution in [2.75, 3.05) is 52.3 Å². The molecule has 8 heteroatoms. The fraction of sp³-hybridized carbons (Fsp3) is 0.381. The first-order chi connectivity index (χ1) is 14.0. The highest BCUT2D eigenvalue weighted by Crippen LogP contribution is 2.28. The minimum atomic E-state index is -0.536. The van der Waals surface area contributed by atoms with E-state index in [-0.39, 0.29) is 18.1 Å². The van der Waals surface area contributed by atoms with Gasteiger partial charge in [-0.15, -0.1) is 0 Å². The van der Waals surface area contributed by atoms with Crippen LogP contribution in [0.3, 0.4) is 0 Å². The van der Waals surface area contributed by atoms with Crippen molar-refractivity contribution in [1.29, 1.82) is 0 Å². The van der Waals surface area contributed by atoms with E-state index in [1.54, 1.807) is 20.3 Å². The van der Waals surface area contributed by atoms with Crippen molar-refractivity contribution in [3.8, 4) is 11.5 Å². The molecule has 0 spiro atoms. The van der Waals surface area contributed by atoms with Gasteiger partial charge in [-0.2, -0.15) is 0 Å². The monoisotopic (exact) mass is 421 g/mol. The molecule has 1 saturated heterocycles. The molecule has 1 heterocycles. The maximum absolute atomic E-state index is 13.8. The van der Waals surface area contributed by atoms with Crippen molar-refractivity contribution in [1.82, 2.24) is 9.80 Å². The van der Waals surface area contributed by atoms with E-state index in [9.17, 15) is 9.18 Å². The third kappa shape index (κ3) is 5.82. The quantitative estimate of drug-likeness (QED) is 0.743. The number of ether oxygens (including phenoxy) is 2. The van der Waals surface area contributed by atoms with E-state index >= 15 is 0 Å². The minimum absolute atomic E-state index is 0.145. The third-order valence-corrected chi connectivity index (χ3v) is 5.13. The second-order valence-electron chi connectivity index (χ2n) is 6.91. The number of halogens is 2. The van der Waals surface area contributed by atoms with Crippen LogP contribution < -0.4 is 14.8 Å². The molecule has 1 amide bonds. The first-order valence-electron chi connectivity index (χ1n) is 9.39. The highest BCUT2D eigenvalue weighted by atomic mass is 35.5. The van der Waals surface area contributed by atoms with Crippen LogP contribution in [0.1, 0.15) is 5.56 Å². The van der Waals surface area contributed by atoms with Crippen LogP contribution in [0.15, 0.2) is 36.4 Å². The number of methoxy groups -OCH3 is 2. The van der Waals surface area contributed by atoms with Crippen molar-refractivity contribution in [2.24, 2.45) is 0 Å². The van der Waals surface area contributed by atoms with Gasteiger partial charge in [0.15, 0.2) is 11.5 Å². The predicted molar refractivity (Wildman–Crippen MR) is 111 cm³/mol. The average molecular weight is 422 g/mol. The molecular weight excluding hydrogens is 397 g/mol. The molecule has 2 aromatic carbocycles. The van der Waals surface area contributed by atoms with Crippen LogP contribution in [0.4, 0.5) is 10.1 Å². The highest BCUT2D eigenvalue weighted by Gasteiger charge is 2.20. The van der Waals surface area contributed by atoms with E-state index in [4.69, 9.17) is 21.1 Å². The number of piperazine rings is 1. The van der Waals surface area contributed by atoms with Crippen LogP contribution in [-0.2, 0) is 11.3 Å². The molecule has 1 N–H and O–H groups in total. The third-order valence-electron chi connectivity index (χ3n) is 4.89. The number of amides is 1. The summed E-state index contributed by atoms with van der Waals surface area (Å²) in [5, 5.41) is 2.90. The Labute approximate surface area is 175 Å². The molecular formula is C21H25ClFN3O3. The number of nitrogens with one attached hydrogen (secondary N) is 1. The number of hydrogen-bond donors (Lipinski definition) is 1. The second-order valence-corrected chi connectivity index (χ2v) is 7.35. The molecule has 0 aromatic heterocycles. The van der Waals surface area contributed by atoms with Gasteiger partial charge in [-0.25, -0.2) is 4.39 Å². The van der Waals surface area contributed by atoms with Crippen LogP contribution >= 0.6 is 11.6 Å². The lowest BCUT2D eigenvalue weighted by molar-refractivity contribution is -0.117. The number of anilines is 1. The molecule has 3 rings (SSSR count). The molecule has 0 unspecified atom stereocenters. The van der Waals surface area contributed by atoms with Crippen LogP contribution in [-0.4, -0.2) is 62.7 Å². The summed E-state index contributed by atoms with van der Waals surface area (Å²) in [4.78, 5) is 16.6. The summed E-state index contributed by atoms with van der Waals surface area (Å²) in [6.45, 7) is 4.25. The van der Waals surface area contributed by atoms with E-state index in [0.717, 1.165) is 44.0 Å². The van der Waals surface area contributed by atoms with Gasteiger partial charge >= 0.3 is 0 Å². The first kappa shape index (κ1) is 21.4. The number of carbonyl (C=O) groups is 1. The Kier molecular flexibility index (Phi) is 7.30. The Morgan fingerprint density at radius 1 is 1.03 bits per heavy atom. The summed E-state index contributed by atoms with van der Waals surface area (Å²) in [6, 6.07) is 10.1. The summed E-state index contributed by atoms with van der Waals surface area (Å²) >= 11 is 5.73. The second kappa shape index (κ2) is 9.91. The van der Waals surface area contributed by atoms with Gasteiger partial charge in [0.25, 0.3) is 0 Å². The fourth-order valence-corrected chi connectivity index (χ4v) is 3.49. The van der Waals surface area contributed by atoms with E-state index in [0.29, 0.717) is 10.8 Å².